The molecule has 0 amide bonds. The van der Waals surface area contributed by atoms with Crippen LogP contribution in [0.15, 0.2) is 18.3 Å². The molecule has 0 atom stereocenters. The lowest BCUT2D eigenvalue weighted by Gasteiger charge is -2.17. The van der Waals surface area contributed by atoms with Crippen LogP contribution in [-0.2, 0) is 9.47 Å². The van der Waals surface area contributed by atoms with Crippen molar-refractivity contribution < 1.29 is 14.2 Å². The minimum absolute atomic E-state index is 0.227. The summed E-state index contributed by atoms with van der Waals surface area (Å²) in [5, 5.41) is 0. The molecule has 0 fully saturated rings. The number of nitrogens with zero attached hydrogens (tertiary/aromatic N) is 1. The molecule has 0 radical (unpaired) electrons. The van der Waals surface area contributed by atoms with Gasteiger partial charge in [0.2, 0.25) is 5.88 Å². The normalized spacial score (nSPS) is 10.8. The van der Waals surface area contributed by atoms with E-state index in [1.165, 1.54) is 0 Å². The van der Waals surface area contributed by atoms with Crippen LogP contribution in [-0.4, -0.2) is 31.1 Å². The number of rotatable bonds is 8. The first-order valence-corrected chi connectivity index (χ1v) is 5.84. The van der Waals surface area contributed by atoms with Gasteiger partial charge in [0.1, 0.15) is 0 Å². The average molecular weight is 240 g/mol. The second kappa shape index (κ2) is 7.86. The van der Waals surface area contributed by atoms with E-state index >= 15 is 0 Å². The van der Waals surface area contributed by atoms with Gasteiger partial charge in [0, 0.05) is 25.8 Å². The van der Waals surface area contributed by atoms with Crippen LogP contribution in [0.5, 0.6) is 5.88 Å². The van der Waals surface area contributed by atoms with E-state index in [2.05, 4.69) is 4.98 Å². The minimum atomic E-state index is -0.227. The van der Waals surface area contributed by atoms with E-state index in [9.17, 15) is 0 Å². The van der Waals surface area contributed by atoms with Crippen LogP contribution in [0, 0.1) is 0 Å². The van der Waals surface area contributed by atoms with Crippen molar-refractivity contribution in [2.75, 3.05) is 25.6 Å². The van der Waals surface area contributed by atoms with E-state index in [4.69, 9.17) is 19.9 Å². The molecule has 2 N–H and O–H groups in total. The number of nitrogen functional groups attached to an aromatic ring is 1. The van der Waals surface area contributed by atoms with Gasteiger partial charge in [0.05, 0.1) is 12.3 Å². The molecule has 0 aliphatic heterocycles. The highest BCUT2D eigenvalue weighted by atomic mass is 16.7. The van der Waals surface area contributed by atoms with Gasteiger partial charge in [-0.05, 0) is 26.0 Å². The highest BCUT2D eigenvalue weighted by molar-refractivity contribution is 5.46. The third-order valence-corrected chi connectivity index (χ3v) is 2.10. The van der Waals surface area contributed by atoms with Gasteiger partial charge in [0.15, 0.2) is 6.29 Å². The Bertz CT molecular complexity index is 314. The van der Waals surface area contributed by atoms with Gasteiger partial charge >= 0.3 is 0 Å². The van der Waals surface area contributed by atoms with Gasteiger partial charge in [-0.15, -0.1) is 0 Å². The molecule has 0 aliphatic carbocycles. The number of anilines is 1. The third-order valence-electron chi connectivity index (χ3n) is 2.10. The SMILES string of the molecule is CCOC(CCOc1ncccc1N)OCC. The monoisotopic (exact) mass is 240 g/mol. The number of ether oxygens (including phenoxy) is 3. The molecular weight excluding hydrogens is 220 g/mol. The lowest BCUT2D eigenvalue weighted by molar-refractivity contribution is -0.142. The van der Waals surface area contributed by atoms with E-state index in [-0.39, 0.29) is 6.29 Å². The van der Waals surface area contributed by atoms with Gasteiger partial charge in [-0.25, -0.2) is 4.98 Å². The van der Waals surface area contributed by atoms with Crippen molar-refractivity contribution in [2.24, 2.45) is 0 Å². The molecule has 0 aromatic carbocycles. The van der Waals surface area contributed by atoms with Crippen molar-refractivity contribution in [1.82, 2.24) is 4.98 Å². The molecule has 5 heteroatoms. The quantitative estimate of drug-likeness (QED) is 0.702. The number of nitrogens with two attached hydrogens (primary N) is 1. The molecule has 0 bridgehead atoms. The van der Waals surface area contributed by atoms with Crippen molar-refractivity contribution in [3.8, 4) is 5.88 Å². The first kappa shape index (κ1) is 13.7. The van der Waals surface area contributed by atoms with Crippen LogP contribution in [0.4, 0.5) is 5.69 Å². The molecule has 0 saturated heterocycles. The summed E-state index contributed by atoms with van der Waals surface area (Å²) in [6, 6.07) is 3.52. The highest BCUT2D eigenvalue weighted by Gasteiger charge is 2.08. The fourth-order valence-corrected chi connectivity index (χ4v) is 1.36. The molecule has 1 rings (SSSR count). The summed E-state index contributed by atoms with van der Waals surface area (Å²) in [6.07, 6.45) is 2.07. The first-order valence-electron chi connectivity index (χ1n) is 5.84. The summed E-state index contributed by atoms with van der Waals surface area (Å²) in [4.78, 5) is 4.04. The topological polar surface area (TPSA) is 66.6 Å². The van der Waals surface area contributed by atoms with Crippen molar-refractivity contribution in [1.29, 1.82) is 0 Å². The van der Waals surface area contributed by atoms with E-state index < -0.39 is 0 Å². The van der Waals surface area contributed by atoms with E-state index in [0.29, 0.717) is 37.8 Å². The molecule has 0 aliphatic rings. The number of hydrogen-bond donors (Lipinski definition) is 1. The maximum Gasteiger partial charge on any atom is 0.237 e. The maximum atomic E-state index is 5.70. The standard InChI is InChI=1S/C12H20N2O3/c1-3-15-11(16-4-2)7-9-17-12-10(13)6-5-8-14-12/h5-6,8,11H,3-4,7,9,13H2,1-2H3. The summed E-state index contributed by atoms with van der Waals surface area (Å²) >= 11 is 0. The maximum absolute atomic E-state index is 5.70. The summed E-state index contributed by atoms with van der Waals surface area (Å²) in [5.74, 6) is 0.458. The largest absolute Gasteiger partial charge is 0.476 e. The Hall–Kier alpha value is -1.33. The molecule has 0 spiro atoms. The van der Waals surface area contributed by atoms with E-state index in [1.807, 2.05) is 13.8 Å². The van der Waals surface area contributed by atoms with Gasteiger partial charge in [-0.3, -0.25) is 0 Å². The third kappa shape index (κ3) is 5.01. The summed E-state index contributed by atoms with van der Waals surface area (Å²) in [6.45, 7) is 5.58. The zero-order valence-electron chi connectivity index (χ0n) is 10.4. The first-order chi connectivity index (χ1) is 8.27. The lowest BCUT2D eigenvalue weighted by atomic mass is 10.4. The Morgan fingerprint density at radius 3 is 2.59 bits per heavy atom. The molecule has 17 heavy (non-hydrogen) atoms. The molecule has 1 heterocycles. The van der Waals surface area contributed by atoms with Crippen LogP contribution >= 0.6 is 0 Å². The zero-order chi connectivity index (χ0) is 12.5. The highest BCUT2D eigenvalue weighted by Crippen LogP contribution is 2.16. The second-order valence-corrected chi connectivity index (χ2v) is 3.38. The molecular formula is C12H20N2O3. The van der Waals surface area contributed by atoms with Crippen molar-refractivity contribution in [3.05, 3.63) is 18.3 Å². The zero-order valence-corrected chi connectivity index (χ0v) is 10.4. The van der Waals surface area contributed by atoms with Crippen LogP contribution in [0.3, 0.4) is 0 Å². The minimum Gasteiger partial charge on any atom is -0.476 e. The van der Waals surface area contributed by atoms with Crippen LogP contribution in [0.2, 0.25) is 0 Å². The molecule has 1 aromatic rings. The molecule has 0 unspecified atom stereocenters. The Labute approximate surface area is 102 Å². The van der Waals surface area contributed by atoms with Crippen LogP contribution in [0.1, 0.15) is 20.3 Å². The smallest absolute Gasteiger partial charge is 0.237 e. The second-order valence-electron chi connectivity index (χ2n) is 3.38. The Balaban J connectivity index is 2.33. The molecule has 5 nitrogen and oxygen atoms in total. The Morgan fingerprint density at radius 2 is 2.00 bits per heavy atom. The Kier molecular flexibility index (Phi) is 6.35. The molecule has 96 valence electrons. The van der Waals surface area contributed by atoms with Crippen LogP contribution < -0.4 is 10.5 Å². The fraction of sp³-hybridized carbons (Fsp3) is 0.583. The summed E-state index contributed by atoms with van der Waals surface area (Å²) in [7, 11) is 0. The predicted octanol–water partition coefficient (Wildman–Crippen LogP) is 1.83. The van der Waals surface area contributed by atoms with Gasteiger partial charge in [0.25, 0.3) is 0 Å². The van der Waals surface area contributed by atoms with Crippen molar-refractivity contribution in [3.63, 3.8) is 0 Å². The molecule has 0 saturated carbocycles. The summed E-state index contributed by atoms with van der Waals surface area (Å²) < 4.78 is 16.3. The lowest BCUT2D eigenvalue weighted by Crippen LogP contribution is -2.20. The van der Waals surface area contributed by atoms with E-state index in [1.54, 1.807) is 18.3 Å². The van der Waals surface area contributed by atoms with E-state index in [0.717, 1.165) is 0 Å². The number of hydrogen-bond acceptors (Lipinski definition) is 5. The fourth-order valence-electron chi connectivity index (χ4n) is 1.36. The number of pyridine rings is 1. The number of aromatic nitrogens is 1. The van der Waals surface area contributed by atoms with Gasteiger partial charge < -0.3 is 19.9 Å². The van der Waals surface area contributed by atoms with Gasteiger partial charge in [-0.1, -0.05) is 0 Å². The average Bonchev–Trinajstić information content (AvgIpc) is 2.32. The molecule has 1 aromatic heterocycles. The van der Waals surface area contributed by atoms with Crippen LogP contribution in [0.25, 0.3) is 0 Å². The van der Waals surface area contributed by atoms with Crippen molar-refractivity contribution >= 4 is 5.69 Å². The van der Waals surface area contributed by atoms with Crippen molar-refractivity contribution in [2.45, 2.75) is 26.6 Å². The summed E-state index contributed by atoms with van der Waals surface area (Å²) in [5.41, 5.74) is 6.24. The predicted molar refractivity (Wildman–Crippen MR) is 65.8 cm³/mol. The van der Waals surface area contributed by atoms with Gasteiger partial charge in [-0.2, -0.15) is 0 Å². The Morgan fingerprint density at radius 1 is 1.29 bits per heavy atom.